The van der Waals surface area contributed by atoms with Crippen molar-refractivity contribution < 1.29 is 13.9 Å². The fourth-order valence-electron chi connectivity index (χ4n) is 2.02. The van der Waals surface area contributed by atoms with Gasteiger partial charge in [0.05, 0.1) is 19.8 Å². The van der Waals surface area contributed by atoms with Gasteiger partial charge in [-0.05, 0) is 24.6 Å². The van der Waals surface area contributed by atoms with Gasteiger partial charge in [0, 0.05) is 12.8 Å². The Bertz CT molecular complexity index is 363. The number of rotatable bonds is 2. The van der Waals surface area contributed by atoms with E-state index in [1.807, 2.05) is 24.3 Å². The summed E-state index contributed by atoms with van der Waals surface area (Å²) < 4.78 is 24.6. The smallest absolute Gasteiger partial charge is 0.119 e. The minimum Gasteiger partial charge on any atom is -0.497 e. The van der Waals surface area contributed by atoms with Crippen LogP contribution in [0.25, 0.3) is 0 Å². The first kappa shape index (κ1) is 11.4. The molecule has 0 aliphatic carbocycles. The molecule has 1 aliphatic heterocycles. The molecule has 1 aromatic carbocycles. The molecule has 1 aromatic rings. The minimum absolute atomic E-state index is 0.154. The zero-order valence-electron chi connectivity index (χ0n) is 9.70. The first-order valence-electron chi connectivity index (χ1n) is 5.55. The van der Waals surface area contributed by atoms with Gasteiger partial charge in [-0.1, -0.05) is 12.1 Å². The first-order valence-corrected chi connectivity index (χ1v) is 5.55. The summed E-state index contributed by atoms with van der Waals surface area (Å²) in [7, 11) is 1.63. The number of methoxy groups -OCH3 is 1. The van der Waals surface area contributed by atoms with Crippen LogP contribution in [0.2, 0.25) is 0 Å². The normalized spacial score (nSPS) is 30.1. The summed E-state index contributed by atoms with van der Waals surface area (Å²) in [6.45, 7) is 2.12. The molecule has 1 saturated heterocycles. The average Bonchev–Trinajstić information content (AvgIpc) is 2.28. The molecule has 3 heteroatoms. The third kappa shape index (κ3) is 2.53. The molecule has 2 rings (SSSR count). The van der Waals surface area contributed by atoms with Gasteiger partial charge < -0.3 is 9.47 Å². The molecule has 0 bridgehead atoms. The Hall–Kier alpha value is -1.09. The Kier molecular flexibility index (Phi) is 3.15. The van der Waals surface area contributed by atoms with Gasteiger partial charge in [0.15, 0.2) is 0 Å². The van der Waals surface area contributed by atoms with Gasteiger partial charge in [0.2, 0.25) is 0 Å². The Morgan fingerprint density at radius 2 is 2.31 bits per heavy atom. The van der Waals surface area contributed by atoms with Crippen molar-refractivity contribution in [1.29, 1.82) is 0 Å². The number of alkyl halides is 1. The summed E-state index contributed by atoms with van der Waals surface area (Å²) in [6.07, 6.45) is 0.743. The molecule has 1 aliphatic rings. The van der Waals surface area contributed by atoms with Crippen LogP contribution in [0.15, 0.2) is 24.3 Å². The van der Waals surface area contributed by atoms with Crippen LogP contribution >= 0.6 is 0 Å². The number of halogens is 1. The van der Waals surface area contributed by atoms with Crippen molar-refractivity contribution in [2.24, 2.45) is 0 Å². The van der Waals surface area contributed by atoms with Crippen LogP contribution in [0.1, 0.15) is 31.4 Å². The predicted octanol–water partition coefficient (Wildman–Crippen LogP) is 3.27. The molecule has 2 nitrogen and oxygen atoms in total. The van der Waals surface area contributed by atoms with Crippen LogP contribution in [0.3, 0.4) is 0 Å². The average molecular weight is 224 g/mol. The Labute approximate surface area is 95.4 Å². The molecule has 88 valence electrons. The molecule has 1 fully saturated rings. The molecular weight excluding hydrogens is 207 g/mol. The topological polar surface area (TPSA) is 18.5 Å². The fraction of sp³-hybridized carbons (Fsp3) is 0.538. The van der Waals surface area contributed by atoms with E-state index in [1.54, 1.807) is 14.0 Å². The van der Waals surface area contributed by atoms with E-state index >= 15 is 0 Å². The first-order chi connectivity index (χ1) is 7.61. The monoisotopic (exact) mass is 224 g/mol. The van der Waals surface area contributed by atoms with E-state index in [-0.39, 0.29) is 6.10 Å². The van der Waals surface area contributed by atoms with Crippen LogP contribution in [-0.2, 0) is 4.74 Å². The zero-order chi connectivity index (χ0) is 11.6. The van der Waals surface area contributed by atoms with Gasteiger partial charge in [0.1, 0.15) is 11.4 Å². The lowest BCUT2D eigenvalue weighted by Crippen LogP contribution is -2.30. The summed E-state index contributed by atoms with van der Waals surface area (Å²) in [6, 6.07) is 7.64. The summed E-state index contributed by atoms with van der Waals surface area (Å²) in [4.78, 5) is 0. The van der Waals surface area contributed by atoms with Crippen molar-refractivity contribution in [3.8, 4) is 5.75 Å². The van der Waals surface area contributed by atoms with Crippen LogP contribution in [0.5, 0.6) is 5.75 Å². The highest BCUT2D eigenvalue weighted by atomic mass is 19.1. The maximum atomic E-state index is 13.9. The summed E-state index contributed by atoms with van der Waals surface area (Å²) in [5, 5.41) is 0. The van der Waals surface area contributed by atoms with E-state index in [0.717, 1.165) is 11.3 Å². The second kappa shape index (κ2) is 4.42. The van der Waals surface area contributed by atoms with Gasteiger partial charge in [0.25, 0.3) is 0 Å². The van der Waals surface area contributed by atoms with Crippen molar-refractivity contribution in [1.82, 2.24) is 0 Å². The van der Waals surface area contributed by atoms with E-state index < -0.39 is 5.67 Å². The third-order valence-corrected chi connectivity index (χ3v) is 3.02. The maximum absolute atomic E-state index is 13.9. The highest BCUT2D eigenvalue weighted by Gasteiger charge is 2.33. The van der Waals surface area contributed by atoms with Crippen molar-refractivity contribution in [3.63, 3.8) is 0 Å². The SMILES string of the molecule is COc1cccc(C2CC(C)(F)CCO2)c1. The summed E-state index contributed by atoms with van der Waals surface area (Å²) in [5.74, 6) is 0.784. The van der Waals surface area contributed by atoms with Crippen molar-refractivity contribution in [2.75, 3.05) is 13.7 Å². The third-order valence-electron chi connectivity index (χ3n) is 3.02. The molecule has 16 heavy (non-hydrogen) atoms. The van der Waals surface area contributed by atoms with Crippen LogP contribution < -0.4 is 4.74 Å². The van der Waals surface area contributed by atoms with Crippen LogP contribution in [0.4, 0.5) is 4.39 Å². The molecule has 0 saturated carbocycles. The number of ether oxygens (including phenoxy) is 2. The molecule has 0 aromatic heterocycles. The lowest BCUT2D eigenvalue weighted by Gasteiger charge is -2.32. The molecule has 0 amide bonds. The molecule has 2 atom stereocenters. The molecule has 1 heterocycles. The number of hydrogen-bond acceptors (Lipinski definition) is 2. The largest absolute Gasteiger partial charge is 0.497 e. The number of hydrogen-bond donors (Lipinski definition) is 0. The van der Waals surface area contributed by atoms with Crippen LogP contribution in [0, 0.1) is 0 Å². The lowest BCUT2D eigenvalue weighted by atomic mass is 9.91. The van der Waals surface area contributed by atoms with Gasteiger partial charge in [-0.25, -0.2) is 4.39 Å². The van der Waals surface area contributed by atoms with E-state index in [9.17, 15) is 4.39 Å². The Balaban J connectivity index is 2.16. The zero-order valence-corrected chi connectivity index (χ0v) is 9.70. The van der Waals surface area contributed by atoms with Crippen molar-refractivity contribution >= 4 is 0 Å². The Morgan fingerprint density at radius 1 is 1.50 bits per heavy atom. The second-order valence-electron chi connectivity index (χ2n) is 4.50. The second-order valence-corrected chi connectivity index (χ2v) is 4.50. The number of benzene rings is 1. The van der Waals surface area contributed by atoms with Gasteiger partial charge in [-0.2, -0.15) is 0 Å². The molecular formula is C13H17FO2. The van der Waals surface area contributed by atoms with Crippen molar-refractivity contribution in [3.05, 3.63) is 29.8 Å². The van der Waals surface area contributed by atoms with Gasteiger partial charge >= 0.3 is 0 Å². The molecule has 2 unspecified atom stereocenters. The minimum atomic E-state index is -1.12. The fourth-order valence-corrected chi connectivity index (χ4v) is 2.02. The summed E-state index contributed by atoms with van der Waals surface area (Å²) >= 11 is 0. The maximum Gasteiger partial charge on any atom is 0.119 e. The van der Waals surface area contributed by atoms with Crippen LogP contribution in [-0.4, -0.2) is 19.4 Å². The Morgan fingerprint density at radius 3 is 3.00 bits per heavy atom. The highest BCUT2D eigenvalue weighted by Crippen LogP contribution is 2.37. The standard InChI is InChI=1S/C13H17FO2/c1-13(14)6-7-16-12(9-13)10-4-3-5-11(8-10)15-2/h3-5,8,12H,6-7,9H2,1-2H3. The molecule has 0 radical (unpaired) electrons. The summed E-state index contributed by atoms with van der Waals surface area (Å²) in [5.41, 5.74) is -0.130. The van der Waals surface area contributed by atoms with E-state index in [1.165, 1.54) is 0 Å². The van der Waals surface area contributed by atoms with Crippen molar-refractivity contribution in [2.45, 2.75) is 31.5 Å². The van der Waals surface area contributed by atoms with E-state index in [2.05, 4.69) is 0 Å². The quantitative estimate of drug-likeness (QED) is 0.767. The van der Waals surface area contributed by atoms with Gasteiger partial charge in [-0.3, -0.25) is 0 Å². The van der Waals surface area contributed by atoms with E-state index in [4.69, 9.17) is 9.47 Å². The van der Waals surface area contributed by atoms with Gasteiger partial charge in [-0.15, -0.1) is 0 Å². The van der Waals surface area contributed by atoms with E-state index in [0.29, 0.717) is 19.4 Å². The molecule has 0 spiro atoms. The molecule has 0 N–H and O–H groups in total. The highest BCUT2D eigenvalue weighted by molar-refractivity contribution is 5.30. The predicted molar refractivity (Wildman–Crippen MR) is 60.4 cm³/mol. The lowest BCUT2D eigenvalue weighted by molar-refractivity contribution is -0.0572.